The number of nitrogens with zero attached hydrogens (tertiary/aromatic N) is 5. The first-order chi connectivity index (χ1) is 11.5. The molecule has 0 radical (unpaired) electrons. The molecule has 0 N–H and O–H groups in total. The molecule has 0 aromatic carbocycles. The Morgan fingerprint density at radius 3 is 2.96 bits per heavy atom. The lowest BCUT2D eigenvalue weighted by molar-refractivity contribution is -0.139. The Balaban J connectivity index is 1.60. The van der Waals surface area contributed by atoms with Gasteiger partial charge in [0.1, 0.15) is 11.9 Å². The van der Waals surface area contributed by atoms with Gasteiger partial charge in [0.15, 0.2) is 0 Å². The standard InChI is InChI=1S/C17H23N5O2/c1-12-14(10-21(3)20-12)4-5-17(23)22-8-9-24-16(11-22)15-6-7-18-13(2)19-15/h6-7,10,16H,4-5,8-9,11H2,1-3H3/t16-/m0/s1. The van der Waals surface area contributed by atoms with Crippen LogP contribution in [-0.2, 0) is 23.0 Å². The highest BCUT2D eigenvalue weighted by atomic mass is 16.5. The van der Waals surface area contributed by atoms with Crippen LogP contribution in [-0.4, -0.2) is 50.3 Å². The minimum absolute atomic E-state index is 0.150. The topological polar surface area (TPSA) is 73.1 Å². The molecule has 0 saturated carbocycles. The average molecular weight is 329 g/mol. The van der Waals surface area contributed by atoms with E-state index in [0.29, 0.717) is 38.4 Å². The molecule has 7 nitrogen and oxygen atoms in total. The van der Waals surface area contributed by atoms with E-state index in [-0.39, 0.29) is 12.0 Å². The predicted molar refractivity (Wildman–Crippen MR) is 88.3 cm³/mol. The van der Waals surface area contributed by atoms with Gasteiger partial charge in [0.25, 0.3) is 0 Å². The highest BCUT2D eigenvalue weighted by Crippen LogP contribution is 2.21. The molecule has 1 saturated heterocycles. The Bertz CT molecular complexity index is 728. The second-order valence-corrected chi connectivity index (χ2v) is 6.14. The zero-order valence-electron chi connectivity index (χ0n) is 14.4. The molecular weight excluding hydrogens is 306 g/mol. The molecular formula is C17H23N5O2. The summed E-state index contributed by atoms with van der Waals surface area (Å²) in [6.07, 6.45) is 4.74. The van der Waals surface area contributed by atoms with Gasteiger partial charge in [-0.05, 0) is 31.9 Å². The van der Waals surface area contributed by atoms with E-state index in [9.17, 15) is 4.79 Å². The van der Waals surface area contributed by atoms with Crippen molar-refractivity contribution in [2.24, 2.45) is 7.05 Å². The second-order valence-electron chi connectivity index (χ2n) is 6.14. The van der Waals surface area contributed by atoms with Crippen molar-refractivity contribution in [1.29, 1.82) is 0 Å². The quantitative estimate of drug-likeness (QED) is 0.847. The lowest BCUT2D eigenvalue weighted by Crippen LogP contribution is -2.42. The van der Waals surface area contributed by atoms with Crippen LogP contribution in [0.3, 0.4) is 0 Å². The number of morpholine rings is 1. The summed E-state index contributed by atoms with van der Waals surface area (Å²) >= 11 is 0. The maximum atomic E-state index is 12.5. The van der Waals surface area contributed by atoms with Gasteiger partial charge >= 0.3 is 0 Å². The van der Waals surface area contributed by atoms with Gasteiger partial charge in [0, 0.05) is 32.4 Å². The fourth-order valence-electron chi connectivity index (χ4n) is 3.00. The van der Waals surface area contributed by atoms with Crippen LogP contribution in [0.2, 0.25) is 0 Å². The SMILES string of the molecule is Cc1nccc([C@@H]2CN(C(=O)CCc3cn(C)nc3C)CCO2)n1. The molecule has 1 fully saturated rings. The van der Waals surface area contributed by atoms with E-state index >= 15 is 0 Å². The van der Waals surface area contributed by atoms with Gasteiger partial charge in [-0.15, -0.1) is 0 Å². The molecule has 1 aliphatic rings. The number of aryl methyl sites for hydroxylation is 4. The van der Waals surface area contributed by atoms with Crippen LogP contribution in [0, 0.1) is 13.8 Å². The molecule has 0 bridgehead atoms. The van der Waals surface area contributed by atoms with E-state index in [2.05, 4.69) is 15.1 Å². The lowest BCUT2D eigenvalue weighted by atomic mass is 10.1. The van der Waals surface area contributed by atoms with Crippen molar-refractivity contribution < 1.29 is 9.53 Å². The molecule has 2 aromatic heterocycles. The third kappa shape index (κ3) is 3.79. The maximum absolute atomic E-state index is 12.5. The summed E-state index contributed by atoms with van der Waals surface area (Å²) in [6.45, 7) is 5.53. The Kier molecular flexibility index (Phi) is 4.89. The van der Waals surface area contributed by atoms with Gasteiger partial charge in [-0.1, -0.05) is 0 Å². The van der Waals surface area contributed by atoms with E-state index in [1.165, 1.54) is 0 Å². The zero-order chi connectivity index (χ0) is 17.1. The molecule has 7 heteroatoms. The van der Waals surface area contributed by atoms with Gasteiger partial charge in [-0.25, -0.2) is 9.97 Å². The Labute approximate surface area is 141 Å². The summed E-state index contributed by atoms with van der Waals surface area (Å²) < 4.78 is 7.58. The fraction of sp³-hybridized carbons (Fsp3) is 0.529. The first-order valence-corrected chi connectivity index (χ1v) is 8.21. The summed E-state index contributed by atoms with van der Waals surface area (Å²) in [5.74, 6) is 0.865. The number of amides is 1. The zero-order valence-corrected chi connectivity index (χ0v) is 14.4. The molecule has 24 heavy (non-hydrogen) atoms. The van der Waals surface area contributed by atoms with Crippen LogP contribution < -0.4 is 0 Å². The van der Waals surface area contributed by atoms with Crippen molar-refractivity contribution in [3.05, 3.63) is 41.2 Å². The second kappa shape index (κ2) is 7.09. The number of ether oxygens (including phenoxy) is 1. The largest absolute Gasteiger partial charge is 0.368 e. The van der Waals surface area contributed by atoms with Crippen molar-refractivity contribution >= 4 is 5.91 Å². The van der Waals surface area contributed by atoms with Crippen LogP contribution in [0.5, 0.6) is 0 Å². The van der Waals surface area contributed by atoms with Crippen molar-refractivity contribution in [3.63, 3.8) is 0 Å². The minimum Gasteiger partial charge on any atom is -0.368 e. The summed E-state index contributed by atoms with van der Waals surface area (Å²) in [6, 6.07) is 1.85. The highest BCUT2D eigenvalue weighted by molar-refractivity contribution is 5.76. The van der Waals surface area contributed by atoms with Gasteiger partial charge in [0.05, 0.1) is 24.5 Å². The third-order valence-corrected chi connectivity index (χ3v) is 4.27. The van der Waals surface area contributed by atoms with Crippen molar-refractivity contribution in [2.75, 3.05) is 19.7 Å². The average Bonchev–Trinajstić information content (AvgIpc) is 2.90. The Morgan fingerprint density at radius 2 is 2.25 bits per heavy atom. The Hall–Kier alpha value is -2.28. The molecule has 3 rings (SSSR count). The Morgan fingerprint density at radius 1 is 1.42 bits per heavy atom. The molecule has 0 unspecified atom stereocenters. The molecule has 3 heterocycles. The van der Waals surface area contributed by atoms with Crippen molar-refractivity contribution in [1.82, 2.24) is 24.6 Å². The van der Waals surface area contributed by atoms with Crippen LogP contribution in [0.25, 0.3) is 0 Å². The highest BCUT2D eigenvalue weighted by Gasteiger charge is 2.26. The van der Waals surface area contributed by atoms with Crippen LogP contribution in [0.1, 0.15) is 35.3 Å². The third-order valence-electron chi connectivity index (χ3n) is 4.27. The van der Waals surface area contributed by atoms with Crippen molar-refractivity contribution in [2.45, 2.75) is 32.8 Å². The maximum Gasteiger partial charge on any atom is 0.223 e. The summed E-state index contributed by atoms with van der Waals surface area (Å²) in [7, 11) is 1.90. The van der Waals surface area contributed by atoms with Gasteiger partial charge < -0.3 is 9.64 Å². The minimum atomic E-state index is -0.176. The van der Waals surface area contributed by atoms with Crippen molar-refractivity contribution in [3.8, 4) is 0 Å². The van der Waals surface area contributed by atoms with Crippen LogP contribution in [0.4, 0.5) is 0 Å². The first-order valence-electron chi connectivity index (χ1n) is 8.21. The molecule has 128 valence electrons. The summed E-state index contributed by atoms with van der Waals surface area (Å²) in [4.78, 5) is 22.9. The molecule has 0 spiro atoms. The normalized spacial score (nSPS) is 18.0. The number of hydrogen-bond acceptors (Lipinski definition) is 5. The molecule has 1 amide bonds. The summed E-state index contributed by atoms with van der Waals surface area (Å²) in [5.41, 5.74) is 2.95. The van der Waals surface area contributed by atoms with Gasteiger partial charge in [-0.2, -0.15) is 5.10 Å². The number of rotatable bonds is 4. The number of carbonyl (C=O) groups excluding carboxylic acids is 1. The van der Waals surface area contributed by atoms with E-state index < -0.39 is 0 Å². The number of hydrogen-bond donors (Lipinski definition) is 0. The van der Waals surface area contributed by atoms with Crippen LogP contribution in [0.15, 0.2) is 18.5 Å². The molecule has 1 atom stereocenters. The molecule has 1 aliphatic heterocycles. The molecule has 2 aromatic rings. The number of aromatic nitrogens is 4. The lowest BCUT2D eigenvalue weighted by Gasteiger charge is -2.32. The summed E-state index contributed by atoms with van der Waals surface area (Å²) in [5, 5.41) is 4.32. The van der Waals surface area contributed by atoms with E-state index in [1.54, 1.807) is 10.9 Å². The predicted octanol–water partition coefficient (Wildman–Crippen LogP) is 1.36. The van der Waals surface area contributed by atoms with E-state index in [1.807, 2.05) is 38.1 Å². The fourth-order valence-corrected chi connectivity index (χ4v) is 3.00. The smallest absolute Gasteiger partial charge is 0.223 e. The monoisotopic (exact) mass is 329 g/mol. The van der Waals surface area contributed by atoms with E-state index in [4.69, 9.17) is 4.74 Å². The molecule has 0 aliphatic carbocycles. The van der Waals surface area contributed by atoms with Crippen LogP contribution >= 0.6 is 0 Å². The first kappa shape index (κ1) is 16.6. The number of carbonyl (C=O) groups is 1. The van der Waals surface area contributed by atoms with E-state index in [0.717, 1.165) is 17.0 Å². The van der Waals surface area contributed by atoms with Gasteiger partial charge in [0.2, 0.25) is 5.91 Å². The van der Waals surface area contributed by atoms with Gasteiger partial charge in [-0.3, -0.25) is 9.48 Å².